The Labute approximate surface area is 109 Å². The van der Waals surface area contributed by atoms with Crippen LogP contribution in [0.4, 0.5) is 0 Å². The third-order valence-electron chi connectivity index (χ3n) is 4.46. The number of fused-ring (bicyclic) bond motifs is 1. The molecular formula is C15H22O3. The zero-order valence-corrected chi connectivity index (χ0v) is 11.1. The number of ketones is 1. The van der Waals surface area contributed by atoms with Gasteiger partial charge >= 0.3 is 5.97 Å². The molecule has 0 saturated heterocycles. The minimum Gasteiger partial charge on any atom is -0.463 e. The number of ether oxygens (including phenoxy) is 1. The maximum Gasteiger partial charge on any atom is 0.334 e. The van der Waals surface area contributed by atoms with E-state index in [0.717, 1.165) is 12.8 Å². The lowest BCUT2D eigenvalue weighted by Crippen LogP contribution is -2.23. The Balaban J connectivity index is 2.07. The summed E-state index contributed by atoms with van der Waals surface area (Å²) >= 11 is 0. The van der Waals surface area contributed by atoms with Crippen LogP contribution in [0.3, 0.4) is 0 Å². The van der Waals surface area contributed by atoms with Gasteiger partial charge in [-0.25, -0.2) is 4.79 Å². The third kappa shape index (κ3) is 2.65. The van der Waals surface area contributed by atoms with Crippen LogP contribution in [-0.4, -0.2) is 18.4 Å². The van der Waals surface area contributed by atoms with Crippen LogP contribution >= 0.6 is 0 Å². The minimum absolute atomic E-state index is 0.183. The first-order chi connectivity index (χ1) is 8.63. The summed E-state index contributed by atoms with van der Waals surface area (Å²) in [6.07, 6.45) is 6.12. The van der Waals surface area contributed by atoms with E-state index in [4.69, 9.17) is 4.74 Å². The molecule has 0 radical (unpaired) electrons. The predicted molar refractivity (Wildman–Crippen MR) is 69.0 cm³/mol. The first-order valence-electron chi connectivity index (χ1n) is 7.02. The third-order valence-corrected chi connectivity index (χ3v) is 4.46. The van der Waals surface area contributed by atoms with Gasteiger partial charge in [-0.05, 0) is 31.6 Å². The SMILES string of the molecule is C=C(C(=O)OCC)[C@H]1C[C@@H]2CCC[C@H]2CCC1=O. The van der Waals surface area contributed by atoms with E-state index in [1.807, 2.05) is 0 Å². The summed E-state index contributed by atoms with van der Waals surface area (Å²) in [5.74, 6) is 0.786. The van der Waals surface area contributed by atoms with Crippen molar-refractivity contribution in [2.75, 3.05) is 6.61 Å². The lowest BCUT2D eigenvalue weighted by Gasteiger charge is -2.20. The van der Waals surface area contributed by atoms with Crippen LogP contribution in [0.5, 0.6) is 0 Å². The van der Waals surface area contributed by atoms with Crippen molar-refractivity contribution in [3.63, 3.8) is 0 Å². The van der Waals surface area contributed by atoms with E-state index in [0.29, 0.717) is 30.4 Å². The predicted octanol–water partition coefficient (Wildman–Crippen LogP) is 2.89. The molecule has 0 spiro atoms. The summed E-state index contributed by atoms with van der Waals surface area (Å²) < 4.78 is 4.97. The number of carbonyl (C=O) groups is 2. The van der Waals surface area contributed by atoms with Crippen molar-refractivity contribution in [2.24, 2.45) is 17.8 Å². The van der Waals surface area contributed by atoms with Crippen molar-refractivity contribution in [2.45, 2.75) is 45.4 Å². The number of carbonyl (C=O) groups excluding carboxylic acids is 2. The summed E-state index contributed by atoms with van der Waals surface area (Å²) in [5.41, 5.74) is 0.370. The van der Waals surface area contributed by atoms with Crippen molar-refractivity contribution in [3.8, 4) is 0 Å². The van der Waals surface area contributed by atoms with E-state index in [-0.39, 0.29) is 11.7 Å². The number of hydrogen-bond acceptors (Lipinski definition) is 3. The van der Waals surface area contributed by atoms with Gasteiger partial charge in [0.15, 0.2) is 0 Å². The molecule has 18 heavy (non-hydrogen) atoms. The van der Waals surface area contributed by atoms with E-state index >= 15 is 0 Å². The molecule has 3 nitrogen and oxygen atoms in total. The van der Waals surface area contributed by atoms with Crippen molar-refractivity contribution in [3.05, 3.63) is 12.2 Å². The average molecular weight is 250 g/mol. The molecule has 2 rings (SSSR count). The highest BCUT2D eigenvalue weighted by molar-refractivity contribution is 5.97. The molecule has 100 valence electrons. The Bertz CT molecular complexity index is 359. The zero-order chi connectivity index (χ0) is 13.1. The molecule has 2 aliphatic rings. The van der Waals surface area contributed by atoms with E-state index in [9.17, 15) is 9.59 Å². The van der Waals surface area contributed by atoms with Gasteiger partial charge in [-0.3, -0.25) is 4.79 Å². The van der Waals surface area contributed by atoms with Crippen molar-refractivity contribution < 1.29 is 14.3 Å². The first kappa shape index (κ1) is 13.3. The molecule has 0 bridgehead atoms. The molecule has 2 aliphatic carbocycles. The molecule has 0 aliphatic heterocycles. The fourth-order valence-corrected chi connectivity index (χ4v) is 3.44. The Kier molecular flexibility index (Phi) is 4.20. The Morgan fingerprint density at radius 1 is 1.33 bits per heavy atom. The second kappa shape index (κ2) is 5.68. The van der Waals surface area contributed by atoms with E-state index in [2.05, 4.69) is 6.58 Å². The van der Waals surface area contributed by atoms with Gasteiger partial charge in [-0.1, -0.05) is 25.8 Å². The van der Waals surface area contributed by atoms with Crippen molar-refractivity contribution in [1.29, 1.82) is 0 Å². The summed E-state index contributed by atoms with van der Waals surface area (Å²) in [7, 11) is 0. The average Bonchev–Trinajstić information content (AvgIpc) is 2.74. The van der Waals surface area contributed by atoms with Gasteiger partial charge in [0.1, 0.15) is 5.78 Å². The van der Waals surface area contributed by atoms with Crippen LogP contribution in [-0.2, 0) is 14.3 Å². The zero-order valence-electron chi connectivity index (χ0n) is 11.1. The molecule has 3 atom stereocenters. The van der Waals surface area contributed by atoms with E-state index in [1.165, 1.54) is 19.3 Å². The van der Waals surface area contributed by atoms with Gasteiger partial charge in [-0.2, -0.15) is 0 Å². The highest BCUT2D eigenvalue weighted by Gasteiger charge is 2.37. The van der Waals surface area contributed by atoms with E-state index in [1.54, 1.807) is 6.92 Å². The van der Waals surface area contributed by atoms with Crippen molar-refractivity contribution in [1.82, 2.24) is 0 Å². The van der Waals surface area contributed by atoms with Gasteiger partial charge in [0, 0.05) is 17.9 Å². The molecular weight excluding hydrogens is 228 g/mol. The normalized spacial score (nSPS) is 31.6. The molecule has 2 saturated carbocycles. The second-order valence-corrected chi connectivity index (χ2v) is 5.49. The maximum atomic E-state index is 12.1. The van der Waals surface area contributed by atoms with Crippen LogP contribution in [0, 0.1) is 17.8 Å². The monoisotopic (exact) mass is 250 g/mol. The topological polar surface area (TPSA) is 43.4 Å². The number of rotatable bonds is 3. The van der Waals surface area contributed by atoms with E-state index < -0.39 is 5.97 Å². The number of esters is 1. The molecule has 2 fully saturated rings. The Hall–Kier alpha value is -1.12. The first-order valence-corrected chi connectivity index (χ1v) is 7.02. The van der Waals surface area contributed by atoms with Crippen molar-refractivity contribution >= 4 is 11.8 Å². The summed E-state index contributed by atoms with van der Waals surface area (Å²) in [4.78, 5) is 23.8. The minimum atomic E-state index is -0.396. The van der Waals surface area contributed by atoms with Gasteiger partial charge in [0.2, 0.25) is 0 Å². The lowest BCUT2D eigenvalue weighted by molar-refractivity contribution is -0.140. The summed E-state index contributed by atoms with van der Waals surface area (Å²) in [5, 5.41) is 0. The van der Waals surface area contributed by atoms with Gasteiger partial charge < -0.3 is 4.74 Å². The Morgan fingerprint density at radius 2 is 2.06 bits per heavy atom. The smallest absolute Gasteiger partial charge is 0.334 e. The van der Waals surface area contributed by atoms with Gasteiger partial charge in [0.05, 0.1) is 6.61 Å². The molecule has 0 unspecified atom stereocenters. The second-order valence-electron chi connectivity index (χ2n) is 5.49. The number of hydrogen-bond donors (Lipinski definition) is 0. The van der Waals surface area contributed by atoms with Crippen LogP contribution in [0.15, 0.2) is 12.2 Å². The fraction of sp³-hybridized carbons (Fsp3) is 0.733. The molecule has 0 N–H and O–H groups in total. The highest BCUT2D eigenvalue weighted by Crippen LogP contribution is 2.43. The van der Waals surface area contributed by atoms with Crippen LogP contribution in [0.1, 0.15) is 45.4 Å². The number of Topliss-reactive ketones (excluding diaryl/α,β-unsaturated/α-hetero) is 1. The molecule has 0 aromatic rings. The molecule has 0 amide bonds. The summed E-state index contributed by atoms with van der Waals surface area (Å²) in [6, 6.07) is 0. The molecule has 0 heterocycles. The van der Waals surface area contributed by atoms with Gasteiger partial charge in [0.25, 0.3) is 0 Å². The maximum absolute atomic E-state index is 12.1. The molecule has 0 aromatic carbocycles. The van der Waals surface area contributed by atoms with Gasteiger partial charge in [-0.15, -0.1) is 0 Å². The fourth-order valence-electron chi connectivity index (χ4n) is 3.44. The molecule has 3 heteroatoms. The van der Waals surface area contributed by atoms with Crippen LogP contribution in [0.25, 0.3) is 0 Å². The van der Waals surface area contributed by atoms with Crippen LogP contribution < -0.4 is 0 Å². The molecule has 0 aromatic heterocycles. The standard InChI is InChI=1S/C15H22O3/c1-3-18-15(17)10(2)13-9-12-6-4-5-11(12)7-8-14(13)16/h11-13H,2-9H2,1H3/t11-,12-,13+/m0/s1. The highest BCUT2D eigenvalue weighted by atomic mass is 16.5. The van der Waals surface area contributed by atoms with Crippen LogP contribution in [0.2, 0.25) is 0 Å². The summed E-state index contributed by atoms with van der Waals surface area (Å²) in [6.45, 7) is 5.92. The Morgan fingerprint density at radius 3 is 2.78 bits per heavy atom. The quantitative estimate of drug-likeness (QED) is 0.571. The largest absolute Gasteiger partial charge is 0.463 e. The lowest BCUT2D eigenvalue weighted by atomic mass is 9.85.